The molecule has 1 aromatic heterocycles. The maximum Gasteiger partial charge on any atom is 0.466 e. The monoisotopic (exact) mass is 422 g/mol. The van der Waals surface area contributed by atoms with E-state index in [4.69, 9.17) is 24.0 Å². The third-order valence-electron chi connectivity index (χ3n) is 5.82. The lowest BCUT2D eigenvalue weighted by Crippen LogP contribution is -2.54. The zero-order valence-corrected chi connectivity index (χ0v) is 17.2. The molecule has 3 fully saturated rings. The minimum Gasteiger partial charge on any atom is -0.497 e. The summed E-state index contributed by atoms with van der Waals surface area (Å²) in [5, 5.41) is 12.1. The van der Waals surface area contributed by atoms with Gasteiger partial charge in [-0.3, -0.25) is 9.88 Å². The second-order valence-electron chi connectivity index (χ2n) is 7.49. The highest BCUT2D eigenvalue weighted by Crippen LogP contribution is 2.42. The Labute approximate surface area is 169 Å². The molecule has 0 unspecified atom stereocenters. The maximum absolute atomic E-state index is 11.2. The molecule has 1 aromatic carbocycles. The van der Waals surface area contributed by atoms with E-state index in [1.54, 1.807) is 13.3 Å². The van der Waals surface area contributed by atoms with Crippen molar-refractivity contribution < 1.29 is 29.1 Å². The van der Waals surface area contributed by atoms with Crippen LogP contribution in [-0.2, 0) is 4.57 Å². The fourth-order valence-corrected chi connectivity index (χ4v) is 4.44. The summed E-state index contributed by atoms with van der Waals surface area (Å²) in [6, 6.07) is 7.96. The number of fused-ring (bicyclic) bond motifs is 4. The van der Waals surface area contributed by atoms with Crippen LogP contribution >= 0.6 is 7.82 Å². The van der Waals surface area contributed by atoms with Crippen molar-refractivity contribution in [3.8, 4) is 5.75 Å². The van der Waals surface area contributed by atoms with Crippen LogP contribution in [0.1, 0.15) is 24.5 Å². The van der Waals surface area contributed by atoms with Crippen LogP contribution in [0, 0.1) is 11.8 Å². The van der Waals surface area contributed by atoms with Gasteiger partial charge < -0.3 is 24.5 Å². The van der Waals surface area contributed by atoms with Crippen LogP contribution in [0.25, 0.3) is 10.9 Å². The van der Waals surface area contributed by atoms with Gasteiger partial charge in [0.15, 0.2) is 0 Å². The van der Waals surface area contributed by atoms with Crippen LogP contribution < -0.4 is 4.74 Å². The van der Waals surface area contributed by atoms with E-state index in [1.165, 1.54) is 6.42 Å². The minimum absolute atomic E-state index is 0.178. The predicted molar refractivity (Wildman–Crippen MR) is 109 cm³/mol. The number of nitrogens with zero attached hydrogens (tertiary/aromatic N) is 2. The van der Waals surface area contributed by atoms with E-state index in [0.29, 0.717) is 11.8 Å². The summed E-state index contributed by atoms with van der Waals surface area (Å²) in [5.74, 6) is 2.01. The van der Waals surface area contributed by atoms with E-state index in [-0.39, 0.29) is 6.04 Å². The average Bonchev–Trinajstić information content (AvgIpc) is 2.71. The zero-order valence-electron chi connectivity index (χ0n) is 16.3. The summed E-state index contributed by atoms with van der Waals surface area (Å²) < 4.78 is 14.2. The summed E-state index contributed by atoms with van der Waals surface area (Å²) in [5.41, 5.74) is 1.85. The Hall–Kier alpha value is -1.80. The van der Waals surface area contributed by atoms with E-state index >= 15 is 0 Å². The first kappa shape index (κ1) is 21.9. The standard InChI is InChI=1S/C20H24N2O2.H3O4P/c1-3-13-12-22-9-7-14(13)10-19(22)20(23)16-6-8-21-18-5-4-15(24-2)11-17(16)18;1-5(2,3)4/h3-6,8,11,13-14,19-20,23H,1,7,9-10,12H2,2H3;(H3,1,2,3,4)/t13-,14-,19-,20+;/m0./s1. The molecule has 5 rings (SSSR count). The van der Waals surface area contributed by atoms with Crippen LogP contribution in [0.4, 0.5) is 0 Å². The van der Waals surface area contributed by atoms with Crippen molar-refractivity contribution in [1.29, 1.82) is 0 Å². The normalized spacial score (nSPS) is 27.1. The highest BCUT2D eigenvalue weighted by Gasteiger charge is 2.42. The van der Waals surface area contributed by atoms with Gasteiger partial charge >= 0.3 is 7.82 Å². The van der Waals surface area contributed by atoms with Crippen molar-refractivity contribution in [1.82, 2.24) is 9.88 Å². The summed E-state index contributed by atoms with van der Waals surface area (Å²) in [6.45, 7) is 6.07. The van der Waals surface area contributed by atoms with E-state index in [9.17, 15) is 5.11 Å². The molecule has 2 aromatic rings. The third-order valence-corrected chi connectivity index (χ3v) is 5.82. The second kappa shape index (κ2) is 8.92. The Morgan fingerprint density at radius 1 is 1.34 bits per heavy atom. The first-order valence-electron chi connectivity index (χ1n) is 9.47. The molecule has 2 bridgehead atoms. The number of pyridine rings is 1. The number of ether oxygens (including phenoxy) is 1. The molecule has 0 radical (unpaired) electrons. The van der Waals surface area contributed by atoms with Gasteiger partial charge in [-0.1, -0.05) is 6.08 Å². The lowest BCUT2D eigenvalue weighted by molar-refractivity contribution is -0.0444. The Kier molecular flexibility index (Phi) is 6.73. The largest absolute Gasteiger partial charge is 0.497 e. The molecule has 4 N–H and O–H groups in total. The van der Waals surface area contributed by atoms with Gasteiger partial charge in [-0.25, -0.2) is 4.57 Å². The topological polar surface area (TPSA) is 123 Å². The van der Waals surface area contributed by atoms with Crippen molar-refractivity contribution in [2.75, 3.05) is 20.2 Å². The number of phosphoric acid groups is 1. The van der Waals surface area contributed by atoms with Gasteiger partial charge in [0, 0.05) is 24.2 Å². The van der Waals surface area contributed by atoms with Gasteiger partial charge in [-0.2, -0.15) is 0 Å². The molecule has 3 aliphatic heterocycles. The highest BCUT2D eigenvalue weighted by atomic mass is 31.2. The van der Waals surface area contributed by atoms with E-state index in [2.05, 4.69) is 22.5 Å². The Morgan fingerprint density at radius 3 is 2.66 bits per heavy atom. The molecule has 3 saturated heterocycles. The van der Waals surface area contributed by atoms with Crippen molar-refractivity contribution in [2.24, 2.45) is 11.8 Å². The van der Waals surface area contributed by atoms with Crippen LogP contribution in [0.5, 0.6) is 5.75 Å². The molecular formula is C20H27N2O6P. The van der Waals surface area contributed by atoms with Crippen LogP contribution in [0.2, 0.25) is 0 Å². The highest BCUT2D eigenvalue weighted by molar-refractivity contribution is 7.45. The molecule has 0 saturated carbocycles. The van der Waals surface area contributed by atoms with Gasteiger partial charge in [-0.05, 0) is 61.1 Å². The summed E-state index contributed by atoms with van der Waals surface area (Å²) in [7, 11) is -2.98. The second-order valence-corrected chi connectivity index (χ2v) is 8.51. The number of hydrogen-bond acceptors (Lipinski definition) is 5. The molecule has 8 nitrogen and oxygen atoms in total. The molecule has 4 heterocycles. The van der Waals surface area contributed by atoms with Gasteiger partial charge in [-0.15, -0.1) is 6.58 Å². The van der Waals surface area contributed by atoms with Crippen molar-refractivity contribution in [3.05, 3.63) is 48.7 Å². The number of piperidine rings is 3. The summed E-state index contributed by atoms with van der Waals surface area (Å²) in [6.07, 6.45) is 5.62. The quantitative estimate of drug-likeness (QED) is 0.437. The molecule has 3 aliphatic rings. The molecule has 29 heavy (non-hydrogen) atoms. The number of rotatable bonds is 4. The smallest absolute Gasteiger partial charge is 0.466 e. The Bertz CT molecular complexity index is 909. The van der Waals surface area contributed by atoms with E-state index in [1.807, 2.05) is 24.3 Å². The first-order chi connectivity index (χ1) is 13.7. The van der Waals surface area contributed by atoms with Crippen LogP contribution in [0.15, 0.2) is 43.1 Å². The molecule has 0 aliphatic carbocycles. The molecule has 5 atom stereocenters. The van der Waals surface area contributed by atoms with Crippen LogP contribution in [0.3, 0.4) is 0 Å². The molecule has 0 spiro atoms. The predicted octanol–water partition coefficient (Wildman–Crippen LogP) is 2.24. The number of aliphatic hydroxyl groups excluding tert-OH is 1. The SMILES string of the molecule is C=C[C@H]1C[N@]2CC[C@H]1C[C@H]2[C@H](O)c1ccnc2ccc(OC)cc12.O=P(O)(O)O. The lowest BCUT2D eigenvalue weighted by atomic mass is 9.73. The number of benzene rings is 1. The lowest BCUT2D eigenvalue weighted by Gasteiger charge is -2.50. The number of aliphatic hydroxyl groups is 1. The molecule has 0 amide bonds. The molecule has 158 valence electrons. The average molecular weight is 422 g/mol. The Morgan fingerprint density at radius 2 is 2.07 bits per heavy atom. The fourth-order valence-electron chi connectivity index (χ4n) is 4.44. The van der Waals surface area contributed by atoms with Gasteiger partial charge in [0.05, 0.1) is 18.7 Å². The molecule has 9 heteroatoms. The van der Waals surface area contributed by atoms with Gasteiger partial charge in [0.2, 0.25) is 0 Å². The van der Waals surface area contributed by atoms with Gasteiger partial charge in [0.1, 0.15) is 5.75 Å². The number of methoxy groups -OCH3 is 1. The summed E-state index contributed by atoms with van der Waals surface area (Å²) >= 11 is 0. The zero-order chi connectivity index (χ0) is 21.2. The van der Waals surface area contributed by atoms with Crippen molar-refractivity contribution >= 4 is 18.7 Å². The maximum atomic E-state index is 11.2. The summed E-state index contributed by atoms with van der Waals surface area (Å²) in [4.78, 5) is 28.4. The Balaban J connectivity index is 0.000000431. The van der Waals surface area contributed by atoms with Crippen LogP contribution in [-0.4, -0.2) is 55.9 Å². The van der Waals surface area contributed by atoms with E-state index in [0.717, 1.165) is 41.7 Å². The first-order valence-corrected chi connectivity index (χ1v) is 11.0. The third kappa shape index (κ3) is 5.22. The molecular weight excluding hydrogens is 395 g/mol. The van der Waals surface area contributed by atoms with Gasteiger partial charge in [0.25, 0.3) is 0 Å². The minimum atomic E-state index is -4.64. The van der Waals surface area contributed by atoms with Crippen molar-refractivity contribution in [3.63, 3.8) is 0 Å². The fraction of sp³-hybridized carbons (Fsp3) is 0.450. The number of hydrogen-bond donors (Lipinski definition) is 4. The van der Waals surface area contributed by atoms with Crippen molar-refractivity contribution in [2.45, 2.75) is 25.0 Å². The van der Waals surface area contributed by atoms with E-state index < -0.39 is 13.9 Å². The number of aromatic nitrogens is 1.